The van der Waals surface area contributed by atoms with Crippen LogP contribution in [0.1, 0.15) is 17.3 Å². The Bertz CT molecular complexity index is 503. The van der Waals surface area contributed by atoms with E-state index in [4.69, 9.17) is 5.11 Å². The summed E-state index contributed by atoms with van der Waals surface area (Å²) in [5.41, 5.74) is 0.423. The lowest BCUT2D eigenvalue weighted by Gasteiger charge is -2.15. The Hall–Kier alpha value is -2.09. The molecule has 0 aromatic heterocycles. The van der Waals surface area contributed by atoms with Crippen molar-refractivity contribution >= 4 is 17.5 Å². The highest BCUT2D eigenvalue weighted by Gasteiger charge is 2.38. The molecule has 5 nitrogen and oxygen atoms in total. The van der Waals surface area contributed by atoms with Crippen LogP contribution in [0.25, 0.3) is 0 Å². The van der Waals surface area contributed by atoms with Gasteiger partial charge in [0.05, 0.1) is 6.54 Å². The Labute approximate surface area is 112 Å². The van der Waals surface area contributed by atoms with Gasteiger partial charge in [-0.1, -0.05) is 6.07 Å². The molecule has 0 saturated carbocycles. The number of rotatable bonds is 4. The molecule has 110 valence electrons. The predicted molar refractivity (Wildman–Crippen MR) is 65.1 cm³/mol. The van der Waals surface area contributed by atoms with Crippen molar-refractivity contribution in [2.24, 2.45) is 0 Å². The van der Waals surface area contributed by atoms with Gasteiger partial charge >= 0.3 is 6.18 Å². The summed E-state index contributed by atoms with van der Waals surface area (Å²) in [5, 5.41) is 13.2. The number of aliphatic hydroxyl groups is 1. The first-order valence-corrected chi connectivity index (χ1v) is 5.61. The van der Waals surface area contributed by atoms with Gasteiger partial charge in [0.1, 0.15) is 0 Å². The van der Waals surface area contributed by atoms with E-state index in [0.717, 1.165) is 0 Å². The molecule has 0 aliphatic carbocycles. The third-order valence-electron chi connectivity index (χ3n) is 2.28. The molecule has 8 heteroatoms. The van der Waals surface area contributed by atoms with Gasteiger partial charge in [0.2, 0.25) is 5.91 Å². The number of nitrogens with one attached hydrogen (secondary N) is 2. The second-order valence-electron chi connectivity index (χ2n) is 4.03. The van der Waals surface area contributed by atoms with Gasteiger partial charge in [0.25, 0.3) is 5.91 Å². The first-order valence-electron chi connectivity index (χ1n) is 5.61. The van der Waals surface area contributed by atoms with Crippen LogP contribution in [0, 0.1) is 0 Å². The van der Waals surface area contributed by atoms with E-state index >= 15 is 0 Å². The van der Waals surface area contributed by atoms with Crippen LogP contribution in [0.4, 0.5) is 18.9 Å². The topological polar surface area (TPSA) is 78.4 Å². The summed E-state index contributed by atoms with van der Waals surface area (Å²) in [7, 11) is 0. The van der Waals surface area contributed by atoms with Gasteiger partial charge in [0, 0.05) is 18.2 Å². The number of alkyl halides is 3. The zero-order valence-corrected chi connectivity index (χ0v) is 10.5. The maximum Gasteiger partial charge on any atom is 0.416 e. The van der Waals surface area contributed by atoms with Gasteiger partial charge < -0.3 is 15.7 Å². The van der Waals surface area contributed by atoms with Crippen LogP contribution in [-0.2, 0) is 4.79 Å². The van der Waals surface area contributed by atoms with E-state index in [1.165, 1.54) is 31.2 Å². The van der Waals surface area contributed by atoms with Crippen LogP contribution in [0.2, 0.25) is 0 Å². The number of carbonyl (C=O) groups excluding carboxylic acids is 2. The van der Waals surface area contributed by atoms with E-state index in [2.05, 4.69) is 5.32 Å². The van der Waals surface area contributed by atoms with Gasteiger partial charge in [0.15, 0.2) is 6.10 Å². The first-order chi connectivity index (χ1) is 9.20. The Balaban J connectivity index is 2.66. The summed E-state index contributed by atoms with van der Waals surface area (Å²) in [5.74, 6) is -1.12. The predicted octanol–water partition coefficient (Wildman–Crippen LogP) is 1.30. The summed E-state index contributed by atoms with van der Waals surface area (Å²) in [6, 6.07) is 5.69. The number of halogens is 3. The quantitative estimate of drug-likeness (QED) is 0.782. The highest BCUT2D eigenvalue weighted by molar-refractivity contribution is 5.96. The highest BCUT2D eigenvalue weighted by atomic mass is 19.4. The normalized spacial score (nSPS) is 12.7. The molecule has 3 N–H and O–H groups in total. The zero-order chi connectivity index (χ0) is 15.3. The van der Waals surface area contributed by atoms with E-state index in [1.54, 1.807) is 0 Å². The lowest BCUT2D eigenvalue weighted by atomic mass is 10.2. The van der Waals surface area contributed by atoms with Crippen LogP contribution in [0.15, 0.2) is 24.3 Å². The maximum absolute atomic E-state index is 12.1. The second kappa shape index (κ2) is 6.38. The van der Waals surface area contributed by atoms with Crippen molar-refractivity contribution in [3.05, 3.63) is 29.8 Å². The number of carbonyl (C=O) groups is 2. The minimum absolute atomic E-state index is 0.0747. The summed E-state index contributed by atoms with van der Waals surface area (Å²) >= 11 is 0. The van der Waals surface area contributed by atoms with E-state index in [-0.39, 0.29) is 11.5 Å². The summed E-state index contributed by atoms with van der Waals surface area (Å²) in [4.78, 5) is 22.5. The van der Waals surface area contributed by atoms with Crippen molar-refractivity contribution in [3.8, 4) is 0 Å². The van der Waals surface area contributed by atoms with Gasteiger partial charge in [-0.3, -0.25) is 9.59 Å². The van der Waals surface area contributed by atoms with Gasteiger partial charge in [-0.15, -0.1) is 0 Å². The van der Waals surface area contributed by atoms with Crippen molar-refractivity contribution in [1.29, 1.82) is 0 Å². The molecule has 1 aromatic carbocycles. The Morgan fingerprint density at radius 2 is 2.00 bits per heavy atom. The molecule has 0 saturated heterocycles. The molecule has 0 bridgehead atoms. The average Bonchev–Trinajstić information content (AvgIpc) is 2.33. The molecule has 1 rings (SSSR count). The van der Waals surface area contributed by atoms with Crippen molar-refractivity contribution in [2.45, 2.75) is 19.2 Å². The monoisotopic (exact) mass is 290 g/mol. The largest absolute Gasteiger partial charge is 0.416 e. The van der Waals surface area contributed by atoms with E-state index in [9.17, 15) is 22.8 Å². The Morgan fingerprint density at radius 1 is 1.35 bits per heavy atom. The van der Waals surface area contributed by atoms with Crippen LogP contribution < -0.4 is 10.6 Å². The van der Waals surface area contributed by atoms with Crippen molar-refractivity contribution in [2.75, 3.05) is 11.9 Å². The van der Waals surface area contributed by atoms with Crippen LogP contribution in [0.5, 0.6) is 0 Å². The SMILES string of the molecule is CC(=O)Nc1cccc(C(=O)NCC(O)C(F)(F)F)c1. The molecule has 1 unspecified atom stereocenters. The Morgan fingerprint density at radius 3 is 2.55 bits per heavy atom. The number of aliphatic hydroxyl groups excluding tert-OH is 1. The fourth-order valence-electron chi connectivity index (χ4n) is 1.35. The maximum atomic E-state index is 12.1. The summed E-state index contributed by atoms with van der Waals surface area (Å²) in [6.45, 7) is 0.346. The second-order valence-corrected chi connectivity index (χ2v) is 4.03. The van der Waals surface area contributed by atoms with Crippen LogP contribution in [-0.4, -0.2) is 35.7 Å². The van der Waals surface area contributed by atoms with E-state index in [0.29, 0.717) is 5.69 Å². The third-order valence-corrected chi connectivity index (χ3v) is 2.28. The highest BCUT2D eigenvalue weighted by Crippen LogP contribution is 2.19. The molecule has 0 aliphatic rings. The molecule has 0 heterocycles. The molecular weight excluding hydrogens is 277 g/mol. The molecule has 0 spiro atoms. The molecule has 0 fully saturated rings. The van der Waals surface area contributed by atoms with Crippen LogP contribution in [0.3, 0.4) is 0 Å². The first kappa shape index (κ1) is 16.0. The van der Waals surface area contributed by atoms with Gasteiger partial charge in [-0.05, 0) is 18.2 Å². The van der Waals surface area contributed by atoms with E-state index < -0.39 is 24.7 Å². The molecular formula is C12H13F3N2O3. The zero-order valence-electron chi connectivity index (χ0n) is 10.5. The van der Waals surface area contributed by atoms with Crippen molar-refractivity contribution in [3.63, 3.8) is 0 Å². The van der Waals surface area contributed by atoms with Crippen molar-refractivity contribution < 1.29 is 27.9 Å². The minimum Gasteiger partial charge on any atom is -0.382 e. The molecule has 0 radical (unpaired) electrons. The fourth-order valence-corrected chi connectivity index (χ4v) is 1.35. The number of hydrogen-bond acceptors (Lipinski definition) is 3. The summed E-state index contributed by atoms with van der Waals surface area (Å²) in [6.07, 6.45) is -7.41. The minimum atomic E-state index is -4.79. The average molecular weight is 290 g/mol. The molecule has 20 heavy (non-hydrogen) atoms. The third kappa shape index (κ3) is 4.88. The molecule has 1 aromatic rings. The smallest absolute Gasteiger partial charge is 0.382 e. The molecule has 0 aliphatic heterocycles. The van der Waals surface area contributed by atoms with Crippen molar-refractivity contribution in [1.82, 2.24) is 5.32 Å². The number of amides is 2. The number of benzene rings is 1. The summed E-state index contributed by atoms with van der Waals surface area (Å²) < 4.78 is 36.2. The lowest BCUT2D eigenvalue weighted by molar-refractivity contribution is -0.201. The Kier molecular flexibility index (Phi) is 5.09. The standard InChI is InChI=1S/C12H13F3N2O3/c1-7(18)17-9-4-2-3-8(5-9)11(20)16-6-10(19)12(13,14)15/h2-5,10,19H,6H2,1H3,(H,16,20)(H,17,18). The molecule has 2 amide bonds. The van der Waals surface area contributed by atoms with Gasteiger partial charge in [-0.25, -0.2) is 0 Å². The number of anilines is 1. The van der Waals surface area contributed by atoms with E-state index in [1.807, 2.05) is 5.32 Å². The lowest BCUT2D eigenvalue weighted by Crippen LogP contribution is -2.40. The fraction of sp³-hybridized carbons (Fsp3) is 0.333. The van der Waals surface area contributed by atoms with Gasteiger partial charge in [-0.2, -0.15) is 13.2 Å². The number of hydrogen-bond donors (Lipinski definition) is 3. The van der Waals surface area contributed by atoms with Crippen LogP contribution >= 0.6 is 0 Å². The molecule has 1 atom stereocenters.